The maximum absolute atomic E-state index is 12.5. The van der Waals surface area contributed by atoms with Gasteiger partial charge in [0.05, 0.1) is 6.04 Å². The third-order valence-corrected chi connectivity index (χ3v) is 5.35. The lowest BCUT2D eigenvalue weighted by Gasteiger charge is -2.37. The maximum Gasteiger partial charge on any atom is 0.317 e. The molecule has 3 amide bonds. The first-order valence-electron chi connectivity index (χ1n) is 9.32. The molecule has 26 heavy (non-hydrogen) atoms. The summed E-state index contributed by atoms with van der Waals surface area (Å²) in [5, 5.41) is 3.76. The Hall–Kier alpha value is -1.95. The second kappa shape index (κ2) is 8.16. The van der Waals surface area contributed by atoms with Crippen LogP contribution in [0, 0.1) is 6.92 Å². The van der Waals surface area contributed by atoms with Crippen molar-refractivity contribution in [3.8, 4) is 0 Å². The number of rotatable bonds is 4. The van der Waals surface area contributed by atoms with Crippen molar-refractivity contribution in [1.29, 1.82) is 0 Å². The van der Waals surface area contributed by atoms with Crippen LogP contribution in [0.15, 0.2) is 18.2 Å². The molecule has 142 valence electrons. The van der Waals surface area contributed by atoms with Crippen molar-refractivity contribution in [3.63, 3.8) is 0 Å². The van der Waals surface area contributed by atoms with Crippen molar-refractivity contribution in [2.24, 2.45) is 0 Å². The molecule has 1 aromatic rings. The highest BCUT2D eigenvalue weighted by Crippen LogP contribution is 2.25. The molecule has 3 rings (SSSR count). The van der Waals surface area contributed by atoms with Crippen molar-refractivity contribution in [3.05, 3.63) is 28.8 Å². The monoisotopic (exact) mass is 378 g/mol. The number of hydrogen-bond acceptors (Lipinski definition) is 3. The van der Waals surface area contributed by atoms with Gasteiger partial charge < -0.3 is 20.0 Å². The lowest BCUT2D eigenvalue weighted by atomic mass is 10.1. The van der Waals surface area contributed by atoms with E-state index >= 15 is 0 Å². The first kappa shape index (κ1) is 18.8. The molecule has 0 spiro atoms. The number of benzene rings is 1. The number of amides is 3. The van der Waals surface area contributed by atoms with Crippen LogP contribution in [0.25, 0.3) is 0 Å². The Balaban J connectivity index is 1.51. The molecule has 0 aliphatic carbocycles. The minimum Gasteiger partial charge on any atom is -0.368 e. The topological polar surface area (TPSA) is 55.9 Å². The van der Waals surface area contributed by atoms with Gasteiger partial charge in [-0.1, -0.05) is 24.6 Å². The molecule has 0 saturated carbocycles. The summed E-state index contributed by atoms with van der Waals surface area (Å²) < 4.78 is 0. The van der Waals surface area contributed by atoms with E-state index in [0.29, 0.717) is 26.1 Å². The summed E-state index contributed by atoms with van der Waals surface area (Å²) in [4.78, 5) is 30.4. The number of nitrogens with zero attached hydrogens (tertiary/aromatic N) is 3. The minimum absolute atomic E-state index is 0.0661. The first-order valence-corrected chi connectivity index (χ1v) is 9.70. The quantitative estimate of drug-likeness (QED) is 0.875. The Morgan fingerprint density at radius 3 is 2.69 bits per heavy atom. The Morgan fingerprint density at radius 1 is 1.27 bits per heavy atom. The Kier molecular flexibility index (Phi) is 5.91. The van der Waals surface area contributed by atoms with Gasteiger partial charge in [-0.25, -0.2) is 4.79 Å². The summed E-state index contributed by atoms with van der Waals surface area (Å²) in [7, 11) is 0. The number of piperazine rings is 1. The molecule has 2 heterocycles. The van der Waals surface area contributed by atoms with Gasteiger partial charge in [-0.2, -0.15) is 0 Å². The van der Waals surface area contributed by atoms with Gasteiger partial charge in [-0.05, 0) is 31.0 Å². The van der Waals surface area contributed by atoms with Crippen molar-refractivity contribution < 1.29 is 9.59 Å². The van der Waals surface area contributed by atoms with Crippen LogP contribution in [0.2, 0.25) is 5.02 Å². The van der Waals surface area contributed by atoms with E-state index in [1.165, 1.54) is 5.56 Å². The average Bonchev–Trinajstić information content (AvgIpc) is 2.97. The largest absolute Gasteiger partial charge is 0.368 e. The number of urea groups is 1. The maximum atomic E-state index is 12.5. The molecule has 0 unspecified atom stereocenters. The van der Waals surface area contributed by atoms with Crippen molar-refractivity contribution >= 4 is 29.2 Å². The summed E-state index contributed by atoms with van der Waals surface area (Å²) in [5.41, 5.74) is 2.32. The third-order valence-electron chi connectivity index (χ3n) is 5.11. The zero-order valence-electron chi connectivity index (χ0n) is 15.5. The second-order valence-electron chi connectivity index (χ2n) is 7.10. The van der Waals surface area contributed by atoms with Gasteiger partial charge in [0.25, 0.3) is 0 Å². The number of nitrogens with one attached hydrogen (secondary N) is 1. The number of hydrogen-bond donors (Lipinski definition) is 1. The minimum atomic E-state index is -0.0743. The van der Waals surface area contributed by atoms with E-state index in [9.17, 15) is 9.59 Å². The molecule has 1 aromatic carbocycles. The van der Waals surface area contributed by atoms with E-state index in [-0.39, 0.29) is 18.0 Å². The van der Waals surface area contributed by atoms with Crippen molar-refractivity contribution in [2.75, 3.05) is 44.2 Å². The molecule has 6 nitrogen and oxygen atoms in total. The molecule has 2 saturated heterocycles. The van der Waals surface area contributed by atoms with Crippen molar-refractivity contribution in [1.82, 2.24) is 15.1 Å². The molecule has 1 atom stereocenters. The molecule has 7 heteroatoms. The average molecular weight is 379 g/mol. The molecule has 1 N–H and O–H groups in total. The summed E-state index contributed by atoms with van der Waals surface area (Å²) >= 11 is 6.12. The van der Waals surface area contributed by atoms with Gasteiger partial charge in [0.1, 0.15) is 0 Å². The Labute approximate surface area is 160 Å². The van der Waals surface area contributed by atoms with Crippen LogP contribution in [0.4, 0.5) is 10.5 Å². The van der Waals surface area contributed by atoms with Crippen molar-refractivity contribution in [2.45, 2.75) is 32.7 Å². The molecule has 2 aliphatic rings. The highest BCUT2D eigenvalue weighted by Gasteiger charge is 2.31. The van der Waals surface area contributed by atoms with Gasteiger partial charge in [-0.3, -0.25) is 4.79 Å². The van der Waals surface area contributed by atoms with Crippen LogP contribution in [0.3, 0.4) is 0 Å². The predicted molar refractivity (Wildman–Crippen MR) is 104 cm³/mol. The van der Waals surface area contributed by atoms with Crippen LogP contribution in [0.1, 0.15) is 25.3 Å². The van der Waals surface area contributed by atoms with E-state index in [1.54, 1.807) is 0 Å². The zero-order valence-corrected chi connectivity index (χ0v) is 16.3. The highest BCUT2D eigenvalue weighted by molar-refractivity contribution is 6.30. The lowest BCUT2D eigenvalue weighted by molar-refractivity contribution is -0.127. The number of halogens is 1. The molecular weight excluding hydrogens is 352 g/mol. The van der Waals surface area contributed by atoms with Gasteiger partial charge in [0.2, 0.25) is 5.91 Å². The van der Waals surface area contributed by atoms with E-state index in [0.717, 1.165) is 36.8 Å². The highest BCUT2D eigenvalue weighted by atomic mass is 35.5. The van der Waals surface area contributed by atoms with Crippen LogP contribution in [0.5, 0.6) is 0 Å². The Morgan fingerprint density at radius 2 is 2.00 bits per heavy atom. The molecular formula is C19H27ClN4O2. The third kappa shape index (κ3) is 4.23. The van der Waals surface area contributed by atoms with Gasteiger partial charge in [0, 0.05) is 56.4 Å². The molecule has 0 radical (unpaired) electrons. The smallest absolute Gasteiger partial charge is 0.317 e. The number of anilines is 1. The van der Waals surface area contributed by atoms with Gasteiger partial charge >= 0.3 is 6.03 Å². The van der Waals surface area contributed by atoms with E-state index < -0.39 is 0 Å². The normalized spacial score (nSPS) is 20.7. The zero-order chi connectivity index (χ0) is 18.7. The van der Waals surface area contributed by atoms with Crippen LogP contribution < -0.4 is 10.2 Å². The number of carbonyl (C=O) groups excluding carboxylic acids is 2. The molecule has 0 aromatic heterocycles. The van der Waals surface area contributed by atoms with Crippen LogP contribution in [-0.4, -0.2) is 67.0 Å². The first-order chi connectivity index (χ1) is 12.5. The number of aryl methyl sites for hydroxylation is 1. The summed E-state index contributed by atoms with van der Waals surface area (Å²) in [6, 6.07) is 5.77. The fourth-order valence-electron chi connectivity index (χ4n) is 3.69. The standard InChI is InChI=1S/C19H27ClN4O2/c1-3-6-24-13-16(12-18(24)25)21-19(26)23-9-7-22(8-10-23)17-11-15(20)5-4-14(17)2/h4-5,11,16H,3,6-10,12-13H2,1-2H3,(H,21,26)/t16-/m1/s1. The number of carbonyl (C=O) groups is 2. The fraction of sp³-hybridized carbons (Fsp3) is 0.579. The van der Waals surface area contributed by atoms with Crippen LogP contribution >= 0.6 is 11.6 Å². The van der Waals surface area contributed by atoms with Gasteiger partial charge in [-0.15, -0.1) is 0 Å². The second-order valence-corrected chi connectivity index (χ2v) is 7.53. The van der Waals surface area contributed by atoms with E-state index in [1.807, 2.05) is 28.0 Å². The summed E-state index contributed by atoms with van der Waals surface area (Å²) in [6.45, 7) is 8.40. The summed E-state index contributed by atoms with van der Waals surface area (Å²) in [6.07, 6.45) is 1.35. The SMILES string of the molecule is CCCN1C[C@H](NC(=O)N2CCN(c3cc(Cl)ccc3C)CC2)CC1=O. The predicted octanol–water partition coefficient (Wildman–Crippen LogP) is 2.49. The summed E-state index contributed by atoms with van der Waals surface area (Å²) in [5.74, 6) is 0.137. The molecule has 0 bridgehead atoms. The fourth-order valence-corrected chi connectivity index (χ4v) is 3.86. The Bertz CT molecular complexity index is 674. The van der Waals surface area contributed by atoms with E-state index in [4.69, 9.17) is 11.6 Å². The molecule has 2 aliphatic heterocycles. The number of likely N-dealkylation sites (tertiary alicyclic amines) is 1. The van der Waals surface area contributed by atoms with Gasteiger partial charge in [0.15, 0.2) is 0 Å². The van der Waals surface area contributed by atoms with Crippen LogP contribution in [-0.2, 0) is 4.79 Å². The molecule has 2 fully saturated rings. The van der Waals surface area contributed by atoms with E-state index in [2.05, 4.69) is 24.1 Å². The lowest BCUT2D eigenvalue weighted by Crippen LogP contribution is -2.54.